The zero-order chi connectivity index (χ0) is 14.7. The molecule has 21 heavy (non-hydrogen) atoms. The minimum Gasteiger partial charge on any atom is -0.461 e. The van der Waals surface area contributed by atoms with E-state index in [9.17, 15) is 4.79 Å². The van der Waals surface area contributed by atoms with Crippen LogP contribution in [0.25, 0.3) is 11.5 Å². The Hall–Kier alpha value is -2.46. The summed E-state index contributed by atoms with van der Waals surface area (Å²) in [7, 11) is 0. The Morgan fingerprint density at radius 1 is 1.05 bits per heavy atom. The summed E-state index contributed by atoms with van der Waals surface area (Å²) in [5.74, 6) is 1.68. The average molecular weight is 302 g/mol. The molecule has 106 valence electrons. The SMILES string of the molecule is O=C(NCc1ccc(-c2ccco2)o1)c1ccccc1Cl. The van der Waals surface area contributed by atoms with Gasteiger partial charge in [-0.25, -0.2) is 0 Å². The van der Waals surface area contributed by atoms with E-state index in [2.05, 4.69) is 5.32 Å². The molecule has 0 spiro atoms. The molecule has 2 aromatic heterocycles. The molecule has 0 aliphatic carbocycles. The lowest BCUT2D eigenvalue weighted by Crippen LogP contribution is -2.22. The monoisotopic (exact) mass is 301 g/mol. The van der Waals surface area contributed by atoms with Crippen LogP contribution < -0.4 is 5.32 Å². The maximum atomic E-state index is 12.0. The van der Waals surface area contributed by atoms with E-state index in [1.165, 1.54) is 0 Å². The van der Waals surface area contributed by atoms with E-state index in [-0.39, 0.29) is 12.5 Å². The van der Waals surface area contributed by atoms with Crippen molar-refractivity contribution in [2.75, 3.05) is 0 Å². The third-order valence-electron chi connectivity index (χ3n) is 2.97. The van der Waals surface area contributed by atoms with Gasteiger partial charge in [0.05, 0.1) is 23.4 Å². The molecule has 4 nitrogen and oxygen atoms in total. The van der Waals surface area contributed by atoms with Crippen molar-refractivity contribution in [3.05, 3.63) is 71.1 Å². The summed E-state index contributed by atoms with van der Waals surface area (Å²) in [4.78, 5) is 12.0. The number of nitrogens with one attached hydrogen (secondary N) is 1. The van der Waals surface area contributed by atoms with E-state index in [0.29, 0.717) is 27.9 Å². The number of hydrogen-bond donors (Lipinski definition) is 1. The Morgan fingerprint density at radius 2 is 1.90 bits per heavy atom. The standard InChI is InChI=1S/C16H12ClNO3/c17-13-5-2-1-4-12(13)16(19)18-10-11-7-8-15(21-11)14-6-3-9-20-14/h1-9H,10H2,(H,18,19). The van der Waals surface area contributed by atoms with Crippen LogP contribution in [0.2, 0.25) is 5.02 Å². The second kappa shape index (κ2) is 5.89. The number of carbonyl (C=O) groups excluding carboxylic acids is 1. The van der Waals surface area contributed by atoms with Crippen LogP contribution in [0.1, 0.15) is 16.1 Å². The number of rotatable bonds is 4. The van der Waals surface area contributed by atoms with Crippen LogP contribution in [0, 0.1) is 0 Å². The van der Waals surface area contributed by atoms with E-state index in [1.54, 1.807) is 48.7 Å². The van der Waals surface area contributed by atoms with Gasteiger partial charge in [-0.2, -0.15) is 0 Å². The van der Waals surface area contributed by atoms with Crippen LogP contribution in [-0.2, 0) is 6.54 Å². The predicted octanol–water partition coefficient (Wildman–Crippen LogP) is 4.12. The Balaban J connectivity index is 1.66. The smallest absolute Gasteiger partial charge is 0.253 e. The predicted molar refractivity (Wildman–Crippen MR) is 79.0 cm³/mol. The Morgan fingerprint density at radius 3 is 2.67 bits per heavy atom. The van der Waals surface area contributed by atoms with Gasteiger partial charge in [-0.3, -0.25) is 4.79 Å². The van der Waals surface area contributed by atoms with Gasteiger partial charge in [0.2, 0.25) is 0 Å². The van der Waals surface area contributed by atoms with Gasteiger partial charge in [0.25, 0.3) is 5.91 Å². The summed E-state index contributed by atoms with van der Waals surface area (Å²) in [6, 6.07) is 14.1. The van der Waals surface area contributed by atoms with Gasteiger partial charge in [-0.15, -0.1) is 0 Å². The first-order valence-corrected chi connectivity index (χ1v) is 6.77. The molecule has 0 fully saturated rings. The molecule has 1 aromatic carbocycles. The van der Waals surface area contributed by atoms with Crippen molar-refractivity contribution < 1.29 is 13.6 Å². The third-order valence-corrected chi connectivity index (χ3v) is 3.30. The van der Waals surface area contributed by atoms with Crippen LogP contribution in [0.4, 0.5) is 0 Å². The second-order valence-corrected chi connectivity index (χ2v) is 4.81. The van der Waals surface area contributed by atoms with Gasteiger partial charge < -0.3 is 14.2 Å². The van der Waals surface area contributed by atoms with Crippen molar-refractivity contribution in [2.45, 2.75) is 6.54 Å². The summed E-state index contributed by atoms with van der Waals surface area (Å²) in [6.45, 7) is 0.283. The van der Waals surface area contributed by atoms with Gasteiger partial charge in [0, 0.05) is 0 Å². The van der Waals surface area contributed by atoms with Crippen molar-refractivity contribution in [1.82, 2.24) is 5.32 Å². The Kier molecular flexibility index (Phi) is 3.79. The molecule has 0 saturated carbocycles. The van der Waals surface area contributed by atoms with E-state index in [1.807, 2.05) is 6.07 Å². The fraction of sp³-hybridized carbons (Fsp3) is 0.0625. The molecule has 1 N–H and O–H groups in total. The quantitative estimate of drug-likeness (QED) is 0.788. The molecule has 0 saturated heterocycles. The lowest BCUT2D eigenvalue weighted by atomic mass is 10.2. The molecule has 3 rings (SSSR count). The summed E-state index contributed by atoms with van der Waals surface area (Å²) in [6.07, 6.45) is 1.58. The van der Waals surface area contributed by atoms with Crippen LogP contribution >= 0.6 is 11.6 Å². The molecule has 3 aromatic rings. The largest absolute Gasteiger partial charge is 0.461 e. The second-order valence-electron chi connectivity index (χ2n) is 4.41. The van der Waals surface area contributed by atoms with Crippen LogP contribution in [0.3, 0.4) is 0 Å². The maximum absolute atomic E-state index is 12.0. The number of furan rings is 2. The normalized spacial score (nSPS) is 10.5. The topological polar surface area (TPSA) is 55.4 Å². The van der Waals surface area contributed by atoms with Crippen molar-refractivity contribution in [2.24, 2.45) is 0 Å². The molecule has 5 heteroatoms. The molecule has 0 unspecified atom stereocenters. The van der Waals surface area contributed by atoms with Crippen LogP contribution in [-0.4, -0.2) is 5.91 Å². The number of amides is 1. The fourth-order valence-corrected chi connectivity index (χ4v) is 2.15. The molecule has 0 bridgehead atoms. The highest BCUT2D eigenvalue weighted by molar-refractivity contribution is 6.33. The first kappa shape index (κ1) is 13.5. The molecule has 1 amide bonds. The van der Waals surface area contributed by atoms with E-state index >= 15 is 0 Å². The summed E-state index contributed by atoms with van der Waals surface area (Å²) >= 11 is 5.98. The number of benzene rings is 1. The highest BCUT2D eigenvalue weighted by Crippen LogP contribution is 2.22. The van der Waals surface area contributed by atoms with E-state index in [0.717, 1.165) is 0 Å². The van der Waals surface area contributed by atoms with Crippen LogP contribution in [0.5, 0.6) is 0 Å². The van der Waals surface area contributed by atoms with E-state index < -0.39 is 0 Å². The van der Waals surface area contributed by atoms with Crippen molar-refractivity contribution in [3.63, 3.8) is 0 Å². The molecule has 0 aliphatic rings. The van der Waals surface area contributed by atoms with Gasteiger partial charge in [0.15, 0.2) is 11.5 Å². The Bertz CT molecular complexity index is 746. The lowest BCUT2D eigenvalue weighted by Gasteiger charge is -2.04. The molecule has 0 atom stereocenters. The maximum Gasteiger partial charge on any atom is 0.253 e. The summed E-state index contributed by atoms with van der Waals surface area (Å²) in [5, 5.41) is 3.19. The molecule has 2 heterocycles. The van der Waals surface area contributed by atoms with Crippen LogP contribution in [0.15, 0.2) is 63.6 Å². The molecular weight excluding hydrogens is 290 g/mol. The average Bonchev–Trinajstić information content (AvgIpc) is 3.16. The first-order chi connectivity index (χ1) is 10.2. The van der Waals surface area contributed by atoms with Gasteiger partial charge in [-0.1, -0.05) is 23.7 Å². The Labute approximate surface area is 126 Å². The van der Waals surface area contributed by atoms with E-state index in [4.69, 9.17) is 20.4 Å². The van der Waals surface area contributed by atoms with Gasteiger partial charge in [-0.05, 0) is 36.4 Å². The summed E-state index contributed by atoms with van der Waals surface area (Å²) in [5.41, 5.74) is 0.442. The van der Waals surface area contributed by atoms with Crippen molar-refractivity contribution >= 4 is 17.5 Å². The fourth-order valence-electron chi connectivity index (χ4n) is 1.93. The number of carbonyl (C=O) groups is 1. The zero-order valence-corrected chi connectivity index (χ0v) is 11.8. The first-order valence-electron chi connectivity index (χ1n) is 6.39. The van der Waals surface area contributed by atoms with Gasteiger partial charge in [0.1, 0.15) is 5.76 Å². The highest BCUT2D eigenvalue weighted by Gasteiger charge is 2.11. The highest BCUT2D eigenvalue weighted by atomic mass is 35.5. The summed E-state index contributed by atoms with van der Waals surface area (Å²) < 4.78 is 10.8. The number of halogens is 1. The minimum atomic E-state index is -0.239. The molecular formula is C16H12ClNO3. The zero-order valence-electron chi connectivity index (χ0n) is 11.0. The van der Waals surface area contributed by atoms with Crippen molar-refractivity contribution in [1.29, 1.82) is 0 Å². The van der Waals surface area contributed by atoms with Gasteiger partial charge >= 0.3 is 0 Å². The van der Waals surface area contributed by atoms with Crippen molar-refractivity contribution in [3.8, 4) is 11.5 Å². The molecule has 0 aliphatic heterocycles. The molecule has 0 radical (unpaired) electrons. The minimum absolute atomic E-state index is 0.239. The number of hydrogen-bond acceptors (Lipinski definition) is 3. The third kappa shape index (κ3) is 3.01. The lowest BCUT2D eigenvalue weighted by molar-refractivity contribution is 0.0948.